The van der Waals surface area contributed by atoms with Gasteiger partial charge in [0.1, 0.15) is 10.0 Å². The summed E-state index contributed by atoms with van der Waals surface area (Å²) in [5.41, 5.74) is 19.8. The Labute approximate surface area is 377 Å². The minimum absolute atomic E-state index is 0.125. The minimum atomic E-state index is -0.186. The predicted octanol–water partition coefficient (Wildman–Crippen LogP) is 16.0. The maximum Gasteiger partial charge on any atom is 0.124 e. The van der Waals surface area contributed by atoms with Crippen LogP contribution in [0.4, 0.5) is 17.1 Å². The molecule has 0 unspecified atom stereocenters. The first-order valence-corrected chi connectivity index (χ1v) is 23.5. The van der Waals surface area contributed by atoms with Gasteiger partial charge in [-0.3, -0.25) is 0 Å². The lowest BCUT2D eigenvalue weighted by atomic mass is 9.64. The van der Waals surface area contributed by atoms with Crippen LogP contribution < -0.4 is 4.90 Å². The van der Waals surface area contributed by atoms with Crippen LogP contribution in [-0.2, 0) is 17.3 Å². The van der Waals surface area contributed by atoms with Crippen LogP contribution in [0.1, 0.15) is 72.6 Å². The summed E-state index contributed by atoms with van der Waals surface area (Å²) in [6.45, 7) is 9.47. The molecular formula is C58H45N3S2. The van der Waals surface area contributed by atoms with E-state index in [0.717, 1.165) is 38.7 Å². The summed E-state index contributed by atoms with van der Waals surface area (Å²) < 4.78 is 2.44. The molecule has 0 fully saturated rings. The molecule has 0 saturated heterocycles. The molecular weight excluding hydrogens is 803 g/mol. The fourth-order valence-electron chi connectivity index (χ4n) is 10.4. The van der Waals surface area contributed by atoms with Gasteiger partial charge in [0.25, 0.3) is 0 Å². The van der Waals surface area contributed by atoms with Crippen LogP contribution in [0, 0.1) is 0 Å². The second kappa shape index (κ2) is 14.5. The zero-order valence-electron chi connectivity index (χ0n) is 35.8. The third-order valence-electron chi connectivity index (χ3n) is 13.8. The van der Waals surface area contributed by atoms with E-state index in [1.165, 1.54) is 76.4 Å². The van der Waals surface area contributed by atoms with E-state index in [-0.39, 0.29) is 16.7 Å². The van der Waals surface area contributed by atoms with Crippen molar-refractivity contribution in [1.82, 2.24) is 9.97 Å². The van der Waals surface area contributed by atoms with Crippen LogP contribution in [0.25, 0.3) is 52.7 Å². The first-order valence-electron chi connectivity index (χ1n) is 21.9. The lowest BCUT2D eigenvalue weighted by Crippen LogP contribution is -2.30. The lowest BCUT2D eigenvalue weighted by Gasteiger charge is -2.42. The highest BCUT2D eigenvalue weighted by molar-refractivity contribution is 7.22. The minimum Gasteiger partial charge on any atom is -0.310 e. The highest BCUT2D eigenvalue weighted by atomic mass is 32.1. The molecule has 0 bridgehead atoms. The Balaban J connectivity index is 0.848. The number of anilines is 3. The van der Waals surface area contributed by atoms with Crippen LogP contribution in [0.3, 0.4) is 0 Å². The van der Waals surface area contributed by atoms with Crippen molar-refractivity contribution in [3.05, 3.63) is 221 Å². The molecule has 63 heavy (non-hydrogen) atoms. The molecule has 304 valence electrons. The SMILES string of the molecule is CC1(C)c2ccccc2[C@@H](Cc2ccc(-c3ccc(N4c5ccccc5C(C)(C)c5cc(-c6nc7ccccc7s6)ccc54)cc3)cc2)c2ccc(-c3nc4ccccc4s3)cc21. The van der Waals surface area contributed by atoms with E-state index in [0.29, 0.717) is 0 Å². The van der Waals surface area contributed by atoms with Gasteiger partial charge in [0.05, 0.1) is 31.8 Å². The van der Waals surface area contributed by atoms with Crippen LogP contribution in [-0.4, -0.2) is 9.97 Å². The Morgan fingerprint density at radius 1 is 0.444 bits per heavy atom. The molecule has 1 atom stereocenters. The van der Waals surface area contributed by atoms with E-state index in [1.807, 2.05) is 0 Å². The zero-order chi connectivity index (χ0) is 42.5. The van der Waals surface area contributed by atoms with Crippen LogP contribution in [0.15, 0.2) is 182 Å². The van der Waals surface area contributed by atoms with Crippen molar-refractivity contribution >= 4 is 60.2 Å². The number of aromatic nitrogens is 2. The molecule has 1 aliphatic heterocycles. The van der Waals surface area contributed by atoms with E-state index in [4.69, 9.17) is 9.97 Å². The van der Waals surface area contributed by atoms with Gasteiger partial charge in [-0.1, -0.05) is 143 Å². The third-order valence-corrected chi connectivity index (χ3v) is 15.9. The van der Waals surface area contributed by atoms with Gasteiger partial charge in [0.2, 0.25) is 0 Å². The summed E-state index contributed by atoms with van der Waals surface area (Å²) in [6.07, 6.45) is 0.935. The molecule has 3 heterocycles. The maximum atomic E-state index is 5.03. The summed E-state index contributed by atoms with van der Waals surface area (Å²) in [4.78, 5) is 12.5. The summed E-state index contributed by atoms with van der Waals surface area (Å²) in [5, 5.41) is 2.14. The van der Waals surface area contributed by atoms with Gasteiger partial charge in [0, 0.05) is 33.6 Å². The number of para-hydroxylation sites is 3. The number of nitrogens with zero attached hydrogens (tertiary/aromatic N) is 3. The molecule has 10 aromatic rings. The Morgan fingerprint density at radius 3 is 1.60 bits per heavy atom. The fourth-order valence-corrected chi connectivity index (χ4v) is 12.3. The summed E-state index contributed by atoms with van der Waals surface area (Å²) in [5.74, 6) is 0.260. The molecule has 0 radical (unpaired) electrons. The number of thiazole rings is 2. The van der Waals surface area contributed by atoms with Gasteiger partial charge in [-0.05, 0) is 123 Å². The van der Waals surface area contributed by atoms with Gasteiger partial charge in [0.15, 0.2) is 0 Å². The predicted molar refractivity (Wildman–Crippen MR) is 266 cm³/mol. The van der Waals surface area contributed by atoms with Gasteiger partial charge < -0.3 is 4.90 Å². The Hall–Kier alpha value is -6.66. The molecule has 5 heteroatoms. The van der Waals surface area contributed by atoms with Crippen molar-refractivity contribution < 1.29 is 0 Å². The molecule has 2 aliphatic rings. The first-order chi connectivity index (χ1) is 30.7. The number of hydrogen-bond acceptors (Lipinski definition) is 5. The Kier molecular flexibility index (Phi) is 8.73. The third kappa shape index (κ3) is 6.20. The van der Waals surface area contributed by atoms with Gasteiger partial charge in [-0.2, -0.15) is 0 Å². The van der Waals surface area contributed by atoms with Gasteiger partial charge in [-0.25, -0.2) is 9.97 Å². The fraction of sp³-hybridized carbons (Fsp3) is 0.138. The highest BCUT2D eigenvalue weighted by Crippen LogP contribution is 2.53. The first kappa shape index (κ1) is 38.0. The average Bonchev–Trinajstić information content (AvgIpc) is 3.96. The lowest BCUT2D eigenvalue weighted by molar-refractivity contribution is 0.579. The Morgan fingerprint density at radius 2 is 0.937 bits per heavy atom. The van der Waals surface area contributed by atoms with E-state index < -0.39 is 0 Å². The number of hydrogen-bond donors (Lipinski definition) is 0. The molecule has 0 N–H and O–H groups in total. The van der Waals surface area contributed by atoms with E-state index in [2.05, 4.69) is 215 Å². The summed E-state index contributed by atoms with van der Waals surface area (Å²) in [7, 11) is 0. The number of rotatable bonds is 6. The molecule has 0 saturated carbocycles. The molecule has 0 amide bonds. The smallest absolute Gasteiger partial charge is 0.124 e. The summed E-state index contributed by atoms with van der Waals surface area (Å²) >= 11 is 3.54. The van der Waals surface area contributed by atoms with Crippen LogP contribution in [0.2, 0.25) is 0 Å². The second-order valence-corrected chi connectivity index (χ2v) is 20.3. The van der Waals surface area contributed by atoms with Crippen LogP contribution in [0.5, 0.6) is 0 Å². The molecule has 12 rings (SSSR count). The van der Waals surface area contributed by atoms with Crippen molar-refractivity contribution in [2.45, 2.75) is 50.9 Å². The zero-order valence-corrected chi connectivity index (χ0v) is 37.4. The van der Waals surface area contributed by atoms with Crippen molar-refractivity contribution in [3.63, 3.8) is 0 Å². The largest absolute Gasteiger partial charge is 0.310 e. The molecule has 2 aromatic heterocycles. The van der Waals surface area contributed by atoms with E-state index in [9.17, 15) is 0 Å². The molecule has 1 aliphatic carbocycles. The van der Waals surface area contributed by atoms with Crippen molar-refractivity contribution in [1.29, 1.82) is 0 Å². The normalized spacial score (nSPS) is 15.7. The quantitative estimate of drug-likeness (QED) is 0.167. The van der Waals surface area contributed by atoms with Crippen LogP contribution >= 0.6 is 22.7 Å². The standard InChI is InChI=1S/C58H45N3S2/c1-57(2)45-14-6-5-13-42(45)44(43-31-27-39(34-47(43)57)55-59-49-16-8-11-19-53(49)62-55)33-36-21-23-37(24-22-36)38-25-29-41(30-26-38)61-51-18-10-7-15-46(51)58(3,4)48-35-40(28-32-52(48)61)56-60-50-17-9-12-20-54(50)63-56/h5-32,34-35,44H,33H2,1-4H3/t44-/m1/s1. The number of benzene rings is 8. The van der Waals surface area contributed by atoms with Crippen molar-refractivity contribution in [2.24, 2.45) is 0 Å². The maximum absolute atomic E-state index is 5.03. The van der Waals surface area contributed by atoms with Crippen molar-refractivity contribution in [2.75, 3.05) is 4.90 Å². The number of fused-ring (bicyclic) bond motifs is 6. The molecule has 8 aromatic carbocycles. The highest BCUT2D eigenvalue weighted by Gasteiger charge is 2.39. The molecule has 3 nitrogen and oxygen atoms in total. The van der Waals surface area contributed by atoms with Gasteiger partial charge in [-0.15, -0.1) is 22.7 Å². The topological polar surface area (TPSA) is 29.0 Å². The van der Waals surface area contributed by atoms with E-state index >= 15 is 0 Å². The van der Waals surface area contributed by atoms with E-state index in [1.54, 1.807) is 22.7 Å². The average molecular weight is 848 g/mol. The Bertz CT molecular complexity index is 3320. The van der Waals surface area contributed by atoms with Crippen molar-refractivity contribution in [3.8, 4) is 32.3 Å². The second-order valence-electron chi connectivity index (χ2n) is 18.2. The summed E-state index contributed by atoms with van der Waals surface area (Å²) in [6, 6.07) is 67.3. The monoisotopic (exact) mass is 847 g/mol. The van der Waals surface area contributed by atoms with Gasteiger partial charge >= 0.3 is 0 Å². The molecule has 0 spiro atoms.